The molecule has 2 aromatic carbocycles. The van der Waals surface area contributed by atoms with E-state index < -0.39 is 15.5 Å². The van der Waals surface area contributed by atoms with Crippen LogP contribution in [0.1, 0.15) is 11.1 Å². The highest BCUT2D eigenvalue weighted by Gasteiger charge is 2.18. The van der Waals surface area contributed by atoms with E-state index in [9.17, 15) is 20.2 Å². The van der Waals surface area contributed by atoms with Gasteiger partial charge in [-0.1, -0.05) is 12.1 Å². The van der Waals surface area contributed by atoms with Crippen LogP contribution in [0.2, 0.25) is 0 Å². The maximum Gasteiger partial charge on any atom is 0.301 e. The highest BCUT2D eigenvalue weighted by molar-refractivity contribution is 5.80. The van der Waals surface area contributed by atoms with Crippen molar-refractivity contribution in [3.05, 3.63) is 73.8 Å². The molecular formula is C14H9N5O4. The van der Waals surface area contributed by atoms with Gasteiger partial charge in [0.25, 0.3) is 5.69 Å². The Morgan fingerprint density at radius 1 is 1.09 bits per heavy atom. The number of benzene rings is 2. The molecule has 0 aliphatic rings. The molecule has 0 spiro atoms. The third-order valence-corrected chi connectivity index (χ3v) is 2.83. The van der Waals surface area contributed by atoms with E-state index in [0.717, 1.165) is 12.1 Å². The van der Waals surface area contributed by atoms with Crippen molar-refractivity contribution >= 4 is 23.3 Å². The zero-order chi connectivity index (χ0) is 16.8. The minimum absolute atomic E-state index is 0.0329. The van der Waals surface area contributed by atoms with Crippen LogP contribution in [0.5, 0.6) is 0 Å². The van der Waals surface area contributed by atoms with Crippen molar-refractivity contribution < 1.29 is 9.85 Å². The first kappa shape index (κ1) is 15.6. The fourth-order valence-corrected chi connectivity index (χ4v) is 1.70. The van der Waals surface area contributed by atoms with Crippen molar-refractivity contribution in [2.75, 3.05) is 5.43 Å². The molecule has 0 saturated heterocycles. The fourth-order valence-electron chi connectivity index (χ4n) is 1.70. The summed E-state index contributed by atoms with van der Waals surface area (Å²) in [5.74, 6) is 0. The first-order chi connectivity index (χ1) is 11.0. The lowest BCUT2D eigenvalue weighted by Crippen LogP contribution is -1.98. The van der Waals surface area contributed by atoms with Crippen LogP contribution >= 0.6 is 0 Å². The number of nitro groups is 2. The Labute approximate surface area is 129 Å². The second-order valence-electron chi connectivity index (χ2n) is 4.32. The van der Waals surface area contributed by atoms with Crippen LogP contribution in [0, 0.1) is 31.6 Å². The molecule has 0 aliphatic carbocycles. The van der Waals surface area contributed by atoms with E-state index in [1.165, 1.54) is 12.3 Å². The molecule has 2 rings (SSSR count). The molecule has 0 fully saturated rings. The van der Waals surface area contributed by atoms with Crippen LogP contribution < -0.4 is 5.43 Å². The van der Waals surface area contributed by atoms with Gasteiger partial charge < -0.3 is 0 Å². The number of hydrazone groups is 1. The lowest BCUT2D eigenvalue weighted by atomic mass is 10.2. The maximum atomic E-state index is 11.0. The Hall–Kier alpha value is -3.80. The largest absolute Gasteiger partial charge is 0.301 e. The molecule has 0 atom stereocenters. The second-order valence-corrected chi connectivity index (χ2v) is 4.32. The number of rotatable bonds is 5. The molecule has 0 bridgehead atoms. The normalized spacial score (nSPS) is 10.2. The van der Waals surface area contributed by atoms with Gasteiger partial charge in [-0.05, 0) is 23.8 Å². The number of nitro benzene ring substituents is 2. The summed E-state index contributed by atoms with van der Waals surface area (Å²) in [5.41, 5.74) is 2.87. The standard InChI is InChI=1S/C14H9N5O4/c15-8-10-1-3-11(4-2-10)9-16-17-13-6-5-12(18(20)21)7-14(13)19(22)23/h1-7,9,17H/b16-9+. The Balaban J connectivity index is 2.19. The van der Waals surface area contributed by atoms with Gasteiger partial charge in [0, 0.05) is 6.07 Å². The average Bonchev–Trinajstić information content (AvgIpc) is 2.55. The molecular weight excluding hydrogens is 302 g/mol. The van der Waals surface area contributed by atoms with Crippen molar-refractivity contribution in [1.82, 2.24) is 0 Å². The average molecular weight is 311 g/mol. The summed E-state index contributed by atoms with van der Waals surface area (Å²) >= 11 is 0. The van der Waals surface area contributed by atoms with Crippen LogP contribution in [0.25, 0.3) is 0 Å². The zero-order valence-electron chi connectivity index (χ0n) is 11.5. The minimum atomic E-state index is -0.730. The SMILES string of the molecule is N#Cc1ccc(/C=N/Nc2ccc([N+](=O)[O-])cc2[N+](=O)[O-])cc1. The van der Waals surface area contributed by atoms with Gasteiger partial charge in [0.2, 0.25) is 0 Å². The Kier molecular flexibility index (Phi) is 4.59. The van der Waals surface area contributed by atoms with Crippen molar-refractivity contribution in [3.8, 4) is 6.07 Å². The third kappa shape index (κ3) is 3.85. The quantitative estimate of drug-likeness (QED) is 0.512. The summed E-state index contributed by atoms with van der Waals surface area (Å²) in [7, 11) is 0. The van der Waals surface area contributed by atoms with Gasteiger partial charge in [0.1, 0.15) is 5.69 Å². The number of hydrogen-bond donors (Lipinski definition) is 1. The van der Waals surface area contributed by atoms with Crippen molar-refractivity contribution in [2.45, 2.75) is 0 Å². The van der Waals surface area contributed by atoms with Gasteiger partial charge >= 0.3 is 5.69 Å². The molecule has 9 nitrogen and oxygen atoms in total. The summed E-state index contributed by atoms with van der Waals surface area (Å²) in [6, 6.07) is 11.7. The van der Waals surface area contributed by atoms with E-state index in [2.05, 4.69) is 10.5 Å². The predicted octanol–water partition coefficient (Wildman–Crippen LogP) is 2.82. The van der Waals surface area contributed by atoms with Crippen LogP contribution in [0.15, 0.2) is 47.6 Å². The molecule has 0 heterocycles. The van der Waals surface area contributed by atoms with Crippen LogP contribution in [0.4, 0.5) is 17.1 Å². The van der Waals surface area contributed by atoms with Gasteiger partial charge in [-0.2, -0.15) is 10.4 Å². The predicted molar refractivity (Wildman–Crippen MR) is 82.1 cm³/mol. The van der Waals surface area contributed by atoms with Gasteiger partial charge in [0.05, 0.1) is 33.8 Å². The molecule has 0 amide bonds. The summed E-state index contributed by atoms with van der Waals surface area (Å²) < 4.78 is 0. The Morgan fingerprint density at radius 2 is 1.78 bits per heavy atom. The monoisotopic (exact) mass is 311 g/mol. The molecule has 0 aliphatic heterocycles. The fraction of sp³-hybridized carbons (Fsp3) is 0. The van der Waals surface area contributed by atoms with E-state index in [0.29, 0.717) is 11.1 Å². The van der Waals surface area contributed by atoms with Crippen LogP contribution in [-0.4, -0.2) is 16.1 Å². The summed E-state index contributed by atoms with van der Waals surface area (Å²) in [4.78, 5) is 20.2. The van der Waals surface area contributed by atoms with Crippen LogP contribution in [-0.2, 0) is 0 Å². The first-order valence-corrected chi connectivity index (χ1v) is 6.23. The highest BCUT2D eigenvalue weighted by Crippen LogP contribution is 2.28. The number of nitriles is 1. The van der Waals surface area contributed by atoms with Gasteiger partial charge in [-0.25, -0.2) is 0 Å². The van der Waals surface area contributed by atoms with E-state index in [-0.39, 0.29) is 11.4 Å². The smallest absolute Gasteiger partial charge is 0.272 e. The summed E-state index contributed by atoms with van der Waals surface area (Å²) in [5, 5.41) is 34.2. The molecule has 0 unspecified atom stereocenters. The molecule has 23 heavy (non-hydrogen) atoms. The van der Waals surface area contributed by atoms with Crippen molar-refractivity contribution in [1.29, 1.82) is 5.26 Å². The number of anilines is 1. The molecule has 2 aromatic rings. The van der Waals surface area contributed by atoms with Gasteiger partial charge in [-0.3, -0.25) is 25.7 Å². The van der Waals surface area contributed by atoms with Crippen LogP contribution in [0.3, 0.4) is 0 Å². The van der Waals surface area contributed by atoms with Crippen molar-refractivity contribution in [3.63, 3.8) is 0 Å². The Morgan fingerprint density at radius 3 is 2.35 bits per heavy atom. The molecule has 1 N–H and O–H groups in total. The van der Waals surface area contributed by atoms with Gasteiger partial charge in [0.15, 0.2) is 0 Å². The van der Waals surface area contributed by atoms with E-state index in [1.807, 2.05) is 6.07 Å². The zero-order valence-corrected chi connectivity index (χ0v) is 11.5. The molecule has 0 aromatic heterocycles. The number of hydrogen-bond acceptors (Lipinski definition) is 7. The molecule has 0 saturated carbocycles. The number of non-ortho nitro benzene ring substituents is 1. The maximum absolute atomic E-state index is 11.0. The summed E-state index contributed by atoms with van der Waals surface area (Å²) in [6.45, 7) is 0. The summed E-state index contributed by atoms with van der Waals surface area (Å²) in [6.07, 6.45) is 1.41. The lowest BCUT2D eigenvalue weighted by molar-refractivity contribution is -0.393. The lowest BCUT2D eigenvalue weighted by Gasteiger charge is -2.01. The highest BCUT2D eigenvalue weighted by atomic mass is 16.6. The Bertz CT molecular complexity index is 824. The third-order valence-electron chi connectivity index (χ3n) is 2.83. The number of nitrogens with one attached hydrogen (secondary N) is 1. The topological polar surface area (TPSA) is 134 Å². The second kappa shape index (κ2) is 6.77. The minimum Gasteiger partial charge on any atom is -0.272 e. The van der Waals surface area contributed by atoms with E-state index >= 15 is 0 Å². The first-order valence-electron chi connectivity index (χ1n) is 6.23. The van der Waals surface area contributed by atoms with E-state index in [1.54, 1.807) is 24.3 Å². The number of nitrogens with zero attached hydrogens (tertiary/aromatic N) is 4. The molecule has 0 radical (unpaired) electrons. The van der Waals surface area contributed by atoms with E-state index in [4.69, 9.17) is 5.26 Å². The molecule has 114 valence electrons. The van der Waals surface area contributed by atoms with Gasteiger partial charge in [-0.15, -0.1) is 0 Å². The molecule has 9 heteroatoms. The van der Waals surface area contributed by atoms with Crippen molar-refractivity contribution in [2.24, 2.45) is 5.10 Å².